The van der Waals surface area contributed by atoms with Gasteiger partial charge in [0, 0.05) is 49.9 Å². The third-order valence-electron chi connectivity index (χ3n) is 6.57. The number of pyridine rings is 1. The second-order valence-electron chi connectivity index (χ2n) is 9.05. The molecule has 0 unspecified atom stereocenters. The van der Waals surface area contributed by atoms with E-state index in [0.717, 1.165) is 49.1 Å². The molecule has 182 valence electrons. The first kappa shape index (κ1) is 24.0. The minimum atomic E-state index is 0.433. The molecule has 7 heteroatoms. The summed E-state index contributed by atoms with van der Waals surface area (Å²) < 4.78 is 16.4. The van der Waals surface area contributed by atoms with Crippen molar-refractivity contribution in [1.29, 1.82) is 0 Å². The highest BCUT2D eigenvalue weighted by Gasteiger charge is 2.22. The summed E-state index contributed by atoms with van der Waals surface area (Å²) in [5.74, 6) is 2.95. The molecule has 0 aliphatic heterocycles. The third-order valence-corrected chi connectivity index (χ3v) is 6.57. The summed E-state index contributed by atoms with van der Waals surface area (Å²) in [7, 11) is 9.08. The number of hydrogen-bond acceptors (Lipinski definition) is 7. The fraction of sp³-hybridized carbons (Fsp3) is 0.444. The van der Waals surface area contributed by atoms with Gasteiger partial charge in [-0.25, -0.2) is 4.98 Å². The highest BCUT2D eigenvalue weighted by atomic mass is 16.5. The van der Waals surface area contributed by atoms with E-state index in [1.165, 1.54) is 11.1 Å². The lowest BCUT2D eigenvalue weighted by atomic mass is 9.91. The zero-order valence-electron chi connectivity index (χ0n) is 20.9. The van der Waals surface area contributed by atoms with Crippen molar-refractivity contribution in [1.82, 2.24) is 10.3 Å². The van der Waals surface area contributed by atoms with Crippen LogP contribution in [0, 0.1) is 0 Å². The van der Waals surface area contributed by atoms with Crippen molar-refractivity contribution in [3.05, 3.63) is 48.0 Å². The average Bonchev–Trinajstić information content (AvgIpc) is 2.87. The normalized spacial score (nSPS) is 17.9. The van der Waals surface area contributed by atoms with Gasteiger partial charge in [0.05, 0.1) is 26.8 Å². The Hall–Kier alpha value is -3.19. The second-order valence-corrected chi connectivity index (χ2v) is 9.05. The number of methoxy groups -OCH3 is 3. The molecule has 0 radical (unpaired) electrons. The van der Waals surface area contributed by atoms with Crippen molar-refractivity contribution in [2.45, 2.75) is 44.3 Å². The Morgan fingerprint density at radius 2 is 1.53 bits per heavy atom. The monoisotopic (exact) mass is 464 g/mol. The van der Waals surface area contributed by atoms with Gasteiger partial charge in [0.25, 0.3) is 0 Å². The zero-order chi connectivity index (χ0) is 24.1. The summed E-state index contributed by atoms with van der Waals surface area (Å²) in [6.07, 6.45) is 4.46. The molecular weight excluding hydrogens is 428 g/mol. The molecule has 1 aliphatic carbocycles. The summed E-state index contributed by atoms with van der Waals surface area (Å²) >= 11 is 0. The summed E-state index contributed by atoms with van der Waals surface area (Å²) in [6, 6.07) is 15.4. The Bertz CT molecular complexity index is 1090. The van der Waals surface area contributed by atoms with Gasteiger partial charge in [0.15, 0.2) is 11.5 Å². The van der Waals surface area contributed by atoms with Gasteiger partial charge in [-0.1, -0.05) is 18.2 Å². The van der Waals surface area contributed by atoms with Crippen LogP contribution in [0.5, 0.6) is 17.2 Å². The zero-order valence-corrected chi connectivity index (χ0v) is 20.9. The van der Waals surface area contributed by atoms with Gasteiger partial charge in [0.1, 0.15) is 5.82 Å². The first-order chi connectivity index (χ1) is 16.5. The van der Waals surface area contributed by atoms with Gasteiger partial charge in [-0.05, 0) is 49.4 Å². The van der Waals surface area contributed by atoms with Crippen molar-refractivity contribution >= 4 is 22.4 Å². The van der Waals surface area contributed by atoms with Crippen LogP contribution in [0.3, 0.4) is 0 Å². The molecule has 3 aromatic rings. The van der Waals surface area contributed by atoms with E-state index in [1.54, 1.807) is 21.3 Å². The molecule has 0 amide bonds. The number of rotatable bonds is 9. The quantitative estimate of drug-likeness (QED) is 0.470. The van der Waals surface area contributed by atoms with E-state index in [1.807, 2.05) is 18.2 Å². The number of nitrogens with zero attached hydrogens (tertiary/aromatic N) is 2. The summed E-state index contributed by atoms with van der Waals surface area (Å²) in [6.45, 7) is 0.762. The predicted molar refractivity (Wildman–Crippen MR) is 139 cm³/mol. The number of ether oxygens (including phenoxy) is 3. The minimum absolute atomic E-state index is 0.433. The molecule has 0 atom stereocenters. The van der Waals surface area contributed by atoms with Crippen LogP contribution in [0.4, 0.5) is 11.5 Å². The van der Waals surface area contributed by atoms with Crippen molar-refractivity contribution in [2.75, 3.05) is 45.6 Å². The Kier molecular flexibility index (Phi) is 7.63. The van der Waals surface area contributed by atoms with E-state index < -0.39 is 0 Å². The maximum atomic E-state index is 5.48. The number of nitrogens with one attached hydrogen (secondary N) is 2. The van der Waals surface area contributed by atoms with Crippen LogP contribution in [0.2, 0.25) is 0 Å². The smallest absolute Gasteiger partial charge is 0.203 e. The topological polar surface area (TPSA) is 67.9 Å². The molecule has 1 fully saturated rings. The average molecular weight is 465 g/mol. The first-order valence-corrected chi connectivity index (χ1v) is 11.9. The van der Waals surface area contributed by atoms with E-state index in [2.05, 4.69) is 53.9 Å². The number of benzene rings is 2. The Morgan fingerprint density at radius 1 is 0.882 bits per heavy atom. The molecular formula is C27H36N4O3. The van der Waals surface area contributed by atoms with Gasteiger partial charge in [-0.2, -0.15) is 0 Å². The van der Waals surface area contributed by atoms with E-state index in [-0.39, 0.29) is 0 Å². The Labute approximate surface area is 202 Å². The van der Waals surface area contributed by atoms with E-state index in [9.17, 15) is 0 Å². The van der Waals surface area contributed by atoms with Crippen LogP contribution in [0.25, 0.3) is 10.9 Å². The molecule has 1 heterocycles. The first-order valence-electron chi connectivity index (χ1n) is 11.9. The van der Waals surface area contributed by atoms with Crippen molar-refractivity contribution in [3.63, 3.8) is 0 Å². The molecule has 4 rings (SSSR count). The van der Waals surface area contributed by atoms with Gasteiger partial charge in [-0.3, -0.25) is 0 Å². The fourth-order valence-corrected chi connectivity index (χ4v) is 4.75. The van der Waals surface area contributed by atoms with Crippen LogP contribution in [-0.2, 0) is 6.54 Å². The number of para-hydroxylation sites is 1. The lowest BCUT2D eigenvalue weighted by Gasteiger charge is -2.30. The van der Waals surface area contributed by atoms with Crippen LogP contribution in [-0.4, -0.2) is 52.5 Å². The fourth-order valence-electron chi connectivity index (χ4n) is 4.75. The highest BCUT2D eigenvalue weighted by molar-refractivity contribution is 5.93. The summed E-state index contributed by atoms with van der Waals surface area (Å²) in [5, 5.41) is 8.58. The number of fused-ring (bicyclic) bond motifs is 1. The van der Waals surface area contributed by atoms with Gasteiger partial charge in [0.2, 0.25) is 5.75 Å². The van der Waals surface area contributed by atoms with Gasteiger partial charge in [-0.15, -0.1) is 0 Å². The predicted octanol–water partition coefficient (Wildman–Crippen LogP) is 4.84. The van der Waals surface area contributed by atoms with Crippen LogP contribution < -0.4 is 29.7 Å². The number of hydrogen-bond donors (Lipinski definition) is 2. The summed E-state index contributed by atoms with van der Waals surface area (Å²) in [4.78, 5) is 7.02. The SMILES string of the molecule is COc1cc(CN[C@H]2CC[C@@H](Nc3cc(N(C)C)c4ccccc4n3)CC2)cc(OC)c1OC. The van der Waals surface area contributed by atoms with Crippen molar-refractivity contribution in [3.8, 4) is 17.2 Å². The van der Waals surface area contributed by atoms with Gasteiger partial charge >= 0.3 is 0 Å². The summed E-state index contributed by atoms with van der Waals surface area (Å²) in [5.41, 5.74) is 3.33. The third kappa shape index (κ3) is 5.30. The Morgan fingerprint density at radius 3 is 2.15 bits per heavy atom. The number of aromatic nitrogens is 1. The van der Waals surface area contributed by atoms with Crippen molar-refractivity contribution < 1.29 is 14.2 Å². The molecule has 34 heavy (non-hydrogen) atoms. The molecule has 0 spiro atoms. The standard InChI is InChI=1S/C27H36N4O3/c1-31(2)23-16-26(30-22-9-7-6-8-21(22)23)29-20-12-10-19(11-13-20)28-17-18-14-24(32-3)27(34-5)25(15-18)33-4/h6-9,14-16,19-20,28H,10-13,17H2,1-5H3,(H,29,30)/t19-,20+. The minimum Gasteiger partial charge on any atom is -0.493 e. The maximum Gasteiger partial charge on any atom is 0.203 e. The highest BCUT2D eigenvalue weighted by Crippen LogP contribution is 2.38. The van der Waals surface area contributed by atoms with E-state index in [4.69, 9.17) is 19.2 Å². The molecule has 2 N–H and O–H groups in total. The lowest BCUT2D eigenvalue weighted by molar-refractivity contribution is 0.322. The largest absolute Gasteiger partial charge is 0.493 e. The van der Waals surface area contributed by atoms with E-state index >= 15 is 0 Å². The number of anilines is 2. The molecule has 1 aromatic heterocycles. The molecule has 2 aromatic carbocycles. The van der Waals surface area contributed by atoms with Crippen LogP contribution in [0.1, 0.15) is 31.2 Å². The molecule has 0 saturated heterocycles. The van der Waals surface area contributed by atoms with Crippen LogP contribution in [0.15, 0.2) is 42.5 Å². The Balaban J connectivity index is 1.35. The van der Waals surface area contributed by atoms with E-state index in [0.29, 0.717) is 29.3 Å². The molecule has 0 bridgehead atoms. The maximum absolute atomic E-state index is 5.48. The van der Waals surface area contributed by atoms with Gasteiger partial charge < -0.3 is 29.7 Å². The second kappa shape index (κ2) is 10.8. The van der Waals surface area contributed by atoms with Crippen molar-refractivity contribution in [2.24, 2.45) is 0 Å². The van der Waals surface area contributed by atoms with Crippen LogP contribution >= 0.6 is 0 Å². The molecule has 7 nitrogen and oxygen atoms in total. The lowest BCUT2D eigenvalue weighted by Crippen LogP contribution is -2.36. The molecule has 1 saturated carbocycles. The molecule has 1 aliphatic rings.